The van der Waals surface area contributed by atoms with Crippen molar-refractivity contribution in [3.8, 4) is 5.75 Å². The molecule has 0 unspecified atom stereocenters. The number of carbonyl (C=O) groups is 1. The molecule has 0 amide bonds. The molecule has 11 heavy (non-hydrogen) atoms. The van der Waals surface area contributed by atoms with Crippen LogP contribution < -0.4 is 3.07 Å². The topological polar surface area (TPSA) is 46.5 Å². The first-order valence-electron chi connectivity index (χ1n) is 2.86. The van der Waals surface area contributed by atoms with Gasteiger partial charge in [-0.1, -0.05) is 6.07 Å². The standard InChI is InChI=1S/C7H5IO3/c8-11-6-3-1-2-5(4-6)7(9)10/h1-4H,(H,9,10). The fourth-order valence-corrected chi connectivity index (χ4v) is 0.951. The maximum Gasteiger partial charge on any atom is 0.335 e. The summed E-state index contributed by atoms with van der Waals surface area (Å²) in [6.45, 7) is 0. The molecule has 1 rings (SSSR count). The van der Waals surface area contributed by atoms with Crippen LogP contribution >= 0.6 is 23.0 Å². The van der Waals surface area contributed by atoms with Gasteiger partial charge >= 0.3 is 5.97 Å². The van der Waals surface area contributed by atoms with Gasteiger partial charge in [0.2, 0.25) is 0 Å². The van der Waals surface area contributed by atoms with Crippen LogP contribution in [0.5, 0.6) is 5.75 Å². The van der Waals surface area contributed by atoms with Gasteiger partial charge in [-0.3, -0.25) is 0 Å². The Hall–Kier alpha value is -0.780. The number of halogens is 1. The average Bonchev–Trinajstić information content (AvgIpc) is 2.05. The Morgan fingerprint density at radius 3 is 2.82 bits per heavy atom. The van der Waals surface area contributed by atoms with Crippen molar-refractivity contribution in [2.45, 2.75) is 0 Å². The van der Waals surface area contributed by atoms with E-state index in [0.29, 0.717) is 5.75 Å². The maximum absolute atomic E-state index is 10.4. The molecule has 0 spiro atoms. The predicted octanol–water partition coefficient (Wildman–Crippen LogP) is 2.11. The van der Waals surface area contributed by atoms with Crippen molar-refractivity contribution in [3.05, 3.63) is 29.8 Å². The smallest absolute Gasteiger partial charge is 0.335 e. The van der Waals surface area contributed by atoms with Gasteiger partial charge < -0.3 is 8.17 Å². The third-order valence-electron chi connectivity index (χ3n) is 1.17. The summed E-state index contributed by atoms with van der Waals surface area (Å²) in [6, 6.07) is 6.31. The van der Waals surface area contributed by atoms with E-state index in [-0.39, 0.29) is 5.56 Å². The molecule has 0 atom stereocenters. The summed E-state index contributed by atoms with van der Waals surface area (Å²) >= 11 is 1.70. The molecule has 0 aliphatic rings. The van der Waals surface area contributed by atoms with E-state index in [9.17, 15) is 4.79 Å². The zero-order chi connectivity index (χ0) is 8.27. The number of carboxylic acids is 1. The summed E-state index contributed by atoms with van der Waals surface area (Å²) in [6.07, 6.45) is 0. The first kappa shape index (κ1) is 8.32. The molecule has 0 saturated heterocycles. The van der Waals surface area contributed by atoms with E-state index in [1.54, 1.807) is 35.1 Å². The van der Waals surface area contributed by atoms with Crippen molar-refractivity contribution in [2.24, 2.45) is 0 Å². The molecule has 0 fully saturated rings. The summed E-state index contributed by atoms with van der Waals surface area (Å²) < 4.78 is 4.81. The maximum atomic E-state index is 10.4. The minimum atomic E-state index is -0.944. The largest absolute Gasteiger partial charge is 0.478 e. The Morgan fingerprint density at radius 2 is 2.27 bits per heavy atom. The highest BCUT2D eigenvalue weighted by molar-refractivity contribution is 14.1. The fourth-order valence-electron chi connectivity index (χ4n) is 0.677. The van der Waals surface area contributed by atoms with E-state index >= 15 is 0 Å². The molecule has 0 radical (unpaired) electrons. The molecule has 0 heterocycles. The van der Waals surface area contributed by atoms with Crippen molar-refractivity contribution in [2.75, 3.05) is 0 Å². The van der Waals surface area contributed by atoms with Crippen molar-refractivity contribution < 1.29 is 13.0 Å². The van der Waals surface area contributed by atoms with Crippen LogP contribution in [0.25, 0.3) is 0 Å². The van der Waals surface area contributed by atoms with Crippen molar-refractivity contribution in [3.63, 3.8) is 0 Å². The number of hydrogen-bond acceptors (Lipinski definition) is 2. The molecule has 3 nitrogen and oxygen atoms in total. The first-order chi connectivity index (χ1) is 5.24. The quantitative estimate of drug-likeness (QED) is 0.832. The number of benzene rings is 1. The summed E-state index contributed by atoms with van der Waals surface area (Å²) in [5.74, 6) is -0.397. The Kier molecular flexibility index (Phi) is 2.70. The minimum absolute atomic E-state index is 0.235. The molecule has 1 aromatic rings. The Balaban J connectivity index is 3.01. The third-order valence-corrected chi connectivity index (χ3v) is 1.68. The monoisotopic (exact) mass is 264 g/mol. The lowest BCUT2D eigenvalue weighted by molar-refractivity contribution is 0.0696. The predicted molar refractivity (Wildman–Crippen MR) is 48.0 cm³/mol. The molecule has 0 bridgehead atoms. The van der Waals surface area contributed by atoms with Gasteiger partial charge in [0.25, 0.3) is 0 Å². The molecule has 0 aliphatic heterocycles. The van der Waals surface area contributed by atoms with E-state index in [2.05, 4.69) is 0 Å². The SMILES string of the molecule is O=C(O)c1cccc(OI)c1. The lowest BCUT2D eigenvalue weighted by atomic mass is 10.2. The zero-order valence-corrected chi connectivity index (χ0v) is 7.61. The van der Waals surface area contributed by atoms with Crippen LogP contribution in [0.15, 0.2) is 24.3 Å². The van der Waals surface area contributed by atoms with E-state index in [1.165, 1.54) is 12.1 Å². The highest BCUT2D eigenvalue weighted by Gasteiger charge is 2.02. The van der Waals surface area contributed by atoms with Crippen LogP contribution in [-0.2, 0) is 0 Å². The summed E-state index contributed by atoms with van der Waals surface area (Å²) in [5, 5.41) is 8.55. The molecular formula is C7H5IO3. The lowest BCUT2D eigenvalue weighted by Gasteiger charge is -1.96. The fraction of sp³-hybridized carbons (Fsp3) is 0. The summed E-state index contributed by atoms with van der Waals surface area (Å²) in [7, 11) is 0. The van der Waals surface area contributed by atoms with E-state index in [0.717, 1.165) is 0 Å². The van der Waals surface area contributed by atoms with Gasteiger partial charge in [0.15, 0.2) is 23.0 Å². The van der Waals surface area contributed by atoms with E-state index < -0.39 is 5.97 Å². The van der Waals surface area contributed by atoms with E-state index in [4.69, 9.17) is 8.17 Å². The van der Waals surface area contributed by atoms with Crippen molar-refractivity contribution in [1.29, 1.82) is 0 Å². The number of carboxylic acid groups (broad SMARTS) is 1. The first-order valence-corrected chi connectivity index (χ1v) is 3.74. The third kappa shape index (κ3) is 2.07. The number of rotatable bonds is 2. The van der Waals surface area contributed by atoms with Crippen LogP contribution in [0.3, 0.4) is 0 Å². The molecular weight excluding hydrogens is 259 g/mol. The molecule has 0 aliphatic carbocycles. The average molecular weight is 264 g/mol. The van der Waals surface area contributed by atoms with Crippen LogP contribution in [0.1, 0.15) is 10.4 Å². The lowest BCUT2D eigenvalue weighted by Crippen LogP contribution is -1.94. The molecule has 0 aromatic heterocycles. The van der Waals surface area contributed by atoms with Crippen LogP contribution in [0.4, 0.5) is 0 Å². The van der Waals surface area contributed by atoms with E-state index in [1.807, 2.05) is 0 Å². The van der Waals surface area contributed by atoms with Gasteiger partial charge in [-0.05, 0) is 18.2 Å². The number of hydrogen-bond donors (Lipinski definition) is 1. The molecule has 58 valence electrons. The van der Waals surface area contributed by atoms with Crippen LogP contribution in [0, 0.1) is 0 Å². The highest BCUT2D eigenvalue weighted by Crippen LogP contribution is 2.14. The Labute approximate surface area is 77.7 Å². The molecule has 4 heteroatoms. The van der Waals surface area contributed by atoms with Gasteiger partial charge in [0, 0.05) is 0 Å². The highest BCUT2D eigenvalue weighted by atomic mass is 127. The second kappa shape index (κ2) is 3.56. The van der Waals surface area contributed by atoms with Crippen LogP contribution in [0.2, 0.25) is 0 Å². The van der Waals surface area contributed by atoms with Gasteiger partial charge in [0.1, 0.15) is 5.75 Å². The number of aromatic carboxylic acids is 1. The Morgan fingerprint density at radius 1 is 1.55 bits per heavy atom. The minimum Gasteiger partial charge on any atom is -0.478 e. The molecule has 1 N–H and O–H groups in total. The van der Waals surface area contributed by atoms with Crippen molar-refractivity contribution >= 4 is 29.0 Å². The van der Waals surface area contributed by atoms with Gasteiger partial charge in [-0.25, -0.2) is 4.79 Å². The normalized spacial score (nSPS) is 9.18. The second-order valence-electron chi connectivity index (χ2n) is 1.91. The van der Waals surface area contributed by atoms with Gasteiger partial charge in [-0.2, -0.15) is 0 Å². The van der Waals surface area contributed by atoms with Crippen molar-refractivity contribution in [1.82, 2.24) is 0 Å². The molecule has 1 aromatic carbocycles. The van der Waals surface area contributed by atoms with Crippen LogP contribution in [-0.4, -0.2) is 11.1 Å². The summed E-state index contributed by atoms with van der Waals surface area (Å²) in [4.78, 5) is 10.4. The van der Waals surface area contributed by atoms with Gasteiger partial charge in [-0.15, -0.1) is 0 Å². The summed E-state index contributed by atoms with van der Waals surface area (Å²) in [5.41, 5.74) is 0.235. The Bertz CT molecular complexity index is 272. The zero-order valence-electron chi connectivity index (χ0n) is 5.45. The van der Waals surface area contributed by atoms with Gasteiger partial charge in [0.05, 0.1) is 5.56 Å². The second-order valence-corrected chi connectivity index (χ2v) is 2.35. The molecule has 0 saturated carbocycles.